The van der Waals surface area contributed by atoms with Gasteiger partial charge in [-0.2, -0.15) is 5.10 Å². The number of halogens is 1. The summed E-state index contributed by atoms with van der Waals surface area (Å²) in [5.41, 5.74) is 4.03. The first kappa shape index (κ1) is 16.0. The number of thiazole rings is 1. The third-order valence-corrected chi connectivity index (χ3v) is 5.09. The molecule has 2 heterocycles. The summed E-state index contributed by atoms with van der Waals surface area (Å²) in [6.45, 7) is 5.35. The van der Waals surface area contributed by atoms with Gasteiger partial charge in [0.15, 0.2) is 0 Å². The monoisotopic (exact) mass is 354 g/mol. The van der Waals surface area contributed by atoms with E-state index in [2.05, 4.69) is 27.4 Å². The van der Waals surface area contributed by atoms with Crippen LogP contribution in [0.2, 0.25) is 0 Å². The summed E-state index contributed by atoms with van der Waals surface area (Å²) in [7, 11) is 0. The van der Waals surface area contributed by atoms with E-state index in [4.69, 9.17) is 0 Å². The molecule has 0 radical (unpaired) electrons. The number of aromatic nitrogens is 3. The fraction of sp³-hybridized carbons (Fsp3) is 0.263. The van der Waals surface area contributed by atoms with Crippen LogP contribution in [0.25, 0.3) is 11.1 Å². The van der Waals surface area contributed by atoms with Crippen LogP contribution in [0.1, 0.15) is 29.5 Å². The second kappa shape index (κ2) is 6.80. The van der Waals surface area contributed by atoms with Crippen LogP contribution in [0, 0.1) is 5.82 Å². The van der Waals surface area contributed by atoms with Crippen LogP contribution in [0.4, 0.5) is 4.39 Å². The molecule has 1 aromatic carbocycles. The molecule has 4 nitrogen and oxygen atoms in total. The molecule has 25 heavy (non-hydrogen) atoms. The molecule has 1 aliphatic carbocycles. The maximum atomic E-state index is 13.0. The van der Waals surface area contributed by atoms with E-state index in [-0.39, 0.29) is 5.82 Å². The van der Waals surface area contributed by atoms with Crippen molar-refractivity contribution < 1.29 is 4.39 Å². The normalized spacial score (nSPS) is 13.8. The molecule has 2 aromatic heterocycles. The standard InChI is InChI=1S/C19H19FN4S/c1-13(21-9-19-23-18(12-25-19)15-2-3-15)10-24-11-16(8-22-24)14-4-6-17(20)7-5-14/h4-8,11-12,15,21H,1-3,9-10H2. The molecule has 1 saturated carbocycles. The van der Waals surface area contributed by atoms with Gasteiger partial charge in [-0.25, -0.2) is 9.37 Å². The Morgan fingerprint density at radius 3 is 2.84 bits per heavy atom. The maximum absolute atomic E-state index is 13.0. The van der Waals surface area contributed by atoms with E-state index in [1.807, 2.05) is 10.9 Å². The van der Waals surface area contributed by atoms with Crippen molar-refractivity contribution in [2.24, 2.45) is 0 Å². The third kappa shape index (κ3) is 3.96. The van der Waals surface area contributed by atoms with Gasteiger partial charge in [-0.1, -0.05) is 18.7 Å². The van der Waals surface area contributed by atoms with Gasteiger partial charge in [0, 0.05) is 28.8 Å². The van der Waals surface area contributed by atoms with Crippen molar-refractivity contribution in [3.63, 3.8) is 0 Å². The third-order valence-electron chi connectivity index (χ3n) is 4.22. The number of hydrogen-bond acceptors (Lipinski definition) is 4. The molecule has 0 saturated heterocycles. The van der Waals surface area contributed by atoms with E-state index in [1.54, 1.807) is 29.7 Å². The Morgan fingerprint density at radius 1 is 1.28 bits per heavy atom. The van der Waals surface area contributed by atoms with Gasteiger partial charge < -0.3 is 5.32 Å². The number of hydrogen-bond donors (Lipinski definition) is 1. The minimum Gasteiger partial charge on any atom is -0.381 e. The molecule has 1 aliphatic rings. The lowest BCUT2D eigenvalue weighted by Crippen LogP contribution is -2.16. The van der Waals surface area contributed by atoms with Crippen molar-refractivity contribution >= 4 is 11.3 Å². The molecule has 3 aromatic rings. The van der Waals surface area contributed by atoms with E-state index in [9.17, 15) is 4.39 Å². The Labute approximate surface area is 150 Å². The lowest BCUT2D eigenvalue weighted by molar-refractivity contribution is 0.626. The minimum absolute atomic E-state index is 0.235. The molecule has 128 valence electrons. The summed E-state index contributed by atoms with van der Waals surface area (Å²) < 4.78 is 14.8. The van der Waals surface area contributed by atoms with Crippen molar-refractivity contribution in [1.82, 2.24) is 20.1 Å². The SMILES string of the molecule is C=C(Cn1cc(-c2ccc(F)cc2)cn1)NCc1nc(C2CC2)cs1. The van der Waals surface area contributed by atoms with Crippen LogP contribution in [-0.2, 0) is 13.1 Å². The molecule has 1 N–H and O–H groups in total. The Balaban J connectivity index is 1.32. The predicted octanol–water partition coefficient (Wildman–Crippen LogP) is 4.33. The van der Waals surface area contributed by atoms with Gasteiger partial charge in [-0.3, -0.25) is 4.68 Å². The first-order valence-electron chi connectivity index (χ1n) is 8.32. The summed E-state index contributed by atoms with van der Waals surface area (Å²) in [5.74, 6) is 0.461. The van der Waals surface area contributed by atoms with Crippen molar-refractivity contribution in [1.29, 1.82) is 0 Å². The van der Waals surface area contributed by atoms with Gasteiger partial charge in [0.2, 0.25) is 0 Å². The van der Waals surface area contributed by atoms with E-state index in [1.165, 1.54) is 30.7 Å². The summed E-state index contributed by atoms with van der Waals surface area (Å²) >= 11 is 1.70. The molecule has 0 aliphatic heterocycles. The van der Waals surface area contributed by atoms with Crippen LogP contribution in [0.5, 0.6) is 0 Å². The Hall–Kier alpha value is -2.47. The number of nitrogens with one attached hydrogen (secondary N) is 1. The van der Waals surface area contributed by atoms with Gasteiger partial charge in [0.05, 0.1) is 25.0 Å². The molecular weight excluding hydrogens is 335 g/mol. The minimum atomic E-state index is -0.235. The highest BCUT2D eigenvalue weighted by atomic mass is 32.1. The molecule has 4 rings (SSSR count). The van der Waals surface area contributed by atoms with Gasteiger partial charge in [0.1, 0.15) is 10.8 Å². The van der Waals surface area contributed by atoms with E-state index in [0.29, 0.717) is 19.0 Å². The molecule has 1 fully saturated rings. The summed E-state index contributed by atoms with van der Waals surface area (Å²) in [6, 6.07) is 6.42. The molecule has 0 unspecified atom stereocenters. The van der Waals surface area contributed by atoms with Crippen LogP contribution in [0.15, 0.2) is 54.3 Å². The second-order valence-electron chi connectivity index (χ2n) is 6.33. The first-order valence-corrected chi connectivity index (χ1v) is 9.20. The van der Waals surface area contributed by atoms with Crippen LogP contribution < -0.4 is 5.32 Å². The molecule has 0 atom stereocenters. The van der Waals surface area contributed by atoms with Gasteiger partial charge >= 0.3 is 0 Å². The van der Waals surface area contributed by atoms with Gasteiger partial charge in [-0.15, -0.1) is 11.3 Å². The van der Waals surface area contributed by atoms with Gasteiger partial charge in [-0.05, 0) is 30.5 Å². The van der Waals surface area contributed by atoms with E-state index < -0.39 is 0 Å². The van der Waals surface area contributed by atoms with Crippen LogP contribution in [0.3, 0.4) is 0 Å². The smallest absolute Gasteiger partial charge is 0.123 e. The number of benzene rings is 1. The zero-order valence-corrected chi connectivity index (χ0v) is 14.6. The van der Waals surface area contributed by atoms with E-state index >= 15 is 0 Å². The highest BCUT2D eigenvalue weighted by Crippen LogP contribution is 2.40. The topological polar surface area (TPSA) is 42.7 Å². The zero-order chi connectivity index (χ0) is 17.2. The lowest BCUT2D eigenvalue weighted by atomic mass is 10.1. The van der Waals surface area contributed by atoms with Crippen molar-refractivity contribution in [3.8, 4) is 11.1 Å². The van der Waals surface area contributed by atoms with Crippen molar-refractivity contribution in [2.45, 2.75) is 31.8 Å². The highest BCUT2D eigenvalue weighted by molar-refractivity contribution is 7.09. The number of allylic oxidation sites excluding steroid dienone is 1. The zero-order valence-electron chi connectivity index (χ0n) is 13.8. The summed E-state index contributed by atoms with van der Waals surface area (Å²) in [4.78, 5) is 4.66. The van der Waals surface area contributed by atoms with Crippen LogP contribution >= 0.6 is 11.3 Å². The average Bonchev–Trinajstić information content (AvgIpc) is 3.17. The molecule has 0 spiro atoms. The Morgan fingerprint density at radius 2 is 2.08 bits per heavy atom. The quantitative estimate of drug-likeness (QED) is 0.687. The maximum Gasteiger partial charge on any atom is 0.123 e. The van der Waals surface area contributed by atoms with E-state index in [0.717, 1.165) is 21.8 Å². The number of nitrogens with zero attached hydrogens (tertiary/aromatic N) is 3. The highest BCUT2D eigenvalue weighted by Gasteiger charge is 2.25. The fourth-order valence-electron chi connectivity index (χ4n) is 2.67. The molecule has 6 heteroatoms. The largest absolute Gasteiger partial charge is 0.381 e. The molecular formula is C19H19FN4S. The first-order chi connectivity index (χ1) is 12.2. The predicted molar refractivity (Wildman–Crippen MR) is 97.7 cm³/mol. The average molecular weight is 354 g/mol. The lowest BCUT2D eigenvalue weighted by Gasteiger charge is -2.08. The summed E-state index contributed by atoms with van der Waals surface area (Å²) in [6.07, 6.45) is 6.27. The number of rotatable bonds is 7. The summed E-state index contributed by atoms with van der Waals surface area (Å²) in [5, 5.41) is 10.9. The molecule has 0 bridgehead atoms. The Kier molecular flexibility index (Phi) is 4.36. The molecule has 0 amide bonds. The second-order valence-corrected chi connectivity index (χ2v) is 7.27. The van der Waals surface area contributed by atoms with Gasteiger partial charge in [0.25, 0.3) is 0 Å². The Bertz CT molecular complexity index is 877. The van der Waals surface area contributed by atoms with Crippen molar-refractivity contribution in [3.05, 3.63) is 70.8 Å². The van der Waals surface area contributed by atoms with Crippen LogP contribution in [-0.4, -0.2) is 14.8 Å². The van der Waals surface area contributed by atoms with Crippen molar-refractivity contribution in [2.75, 3.05) is 0 Å². The fourth-order valence-corrected chi connectivity index (χ4v) is 3.48.